The van der Waals surface area contributed by atoms with E-state index < -0.39 is 0 Å². The van der Waals surface area contributed by atoms with E-state index in [1.54, 1.807) is 0 Å². The molecular weight excluding hydrogens is 614 g/mol. The first-order valence-electron chi connectivity index (χ1n) is 18.2. The first kappa shape index (κ1) is 36.2. The van der Waals surface area contributed by atoms with Gasteiger partial charge >= 0.3 is 0 Å². The lowest BCUT2D eigenvalue weighted by molar-refractivity contribution is 0.813. The summed E-state index contributed by atoms with van der Waals surface area (Å²) in [6.07, 6.45) is 0. The fraction of sp³-hybridized carbons (Fsp3) is 0.391. The van der Waals surface area contributed by atoms with E-state index in [1.807, 2.05) is 0 Å². The molecule has 0 aliphatic carbocycles. The van der Waals surface area contributed by atoms with Crippen LogP contribution in [0.25, 0.3) is 22.3 Å². The topological polar surface area (TPSA) is 0 Å². The van der Waals surface area contributed by atoms with E-state index in [9.17, 15) is 0 Å². The summed E-state index contributed by atoms with van der Waals surface area (Å²) in [5.41, 5.74) is 14.4. The largest absolute Gasteiger partial charge is 0.0622 e. The Labute approximate surface area is 295 Å². The van der Waals surface area contributed by atoms with Gasteiger partial charge in [-0.3, -0.25) is 0 Å². The zero-order valence-corrected chi connectivity index (χ0v) is 33.2. The average Bonchev–Trinajstić information content (AvgIpc) is 3.04. The smallest absolute Gasteiger partial charge is 0.0234 e. The molecule has 0 N–H and O–H groups in total. The Balaban J connectivity index is 2.01. The highest BCUT2D eigenvalue weighted by Gasteiger charge is 2.24. The zero-order chi connectivity index (χ0) is 34.9. The molecule has 5 aromatic carbocycles. The van der Waals surface area contributed by atoms with E-state index in [0.717, 1.165) is 0 Å². The first-order chi connectivity index (χ1) is 22.8. The molecule has 0 atom stereocenters. The summed E-state index contributed by atoms with van der Waals surface area (Å²) < 4.78 is 0. The quantitative estimate of drug-likeness (QED) is 0.130. The van der Waals surface area contributed by atoms with Crippen molar-refractivity contribution in [3.8, 4) is 22.3 Å². The van der Waals surface area contributed by atoms with Crippen molar-refractivity contribution in [3.05, 3.63) is 128 Å². The molecule has 5 rings (SSSR count). The molecule has 250 valence electrons. The minimum Gasteiger partial charge on any atom is -0.0622 e. The van der Waals surface area contributed by atoms with Gasteiger partial charge in [0, 0.05) is 31.6 Å². The van der Waals surface area contributed by atoms with Crippen LogP contribution in [0.1, 0.15) is 152 Å². The van der Waals surface area contributed by atoms with Gasteiger partial charge in [0.15, 0.2) is 0 Å². The van der Waals surface area contributed by atoms with E-state index in [-0.39, 0.29) is 0 Å². The van der Waals surface area contributed by atoms with Crippen molar-refractivity contribution in [2.45, 2.75) is 119 Å². The van der Waals surface area contributed by atoms with Crippen molar-refractivity contribution in [1.82, 2.24) is 0 Å². The highest BCUT2D eigenvalue weighted by molar-refractivity contribution is 7.42. The molecule has 0 aliphatic heterocycles. The second-order valence-electron chi connectivity index (χ2n) is 15.4. The second kappa shape index (κ2) is 15.2. The fourth-order valence-electron chi connectivity index (χ4n) is 6.72. The van der Waals surface area contributed by atoms with Crippen molar-refractivity contribution < 1.29 is 0 Å². The maximum atomic E-state index is 2.52. The normalized spacial score (nSPS) is 13.1. The lowest BCUT2D eigenvalue weighted by atomic mass is 9.89. The van der Waals surface area contributed by atoms with Gasteiger partial charge in [-0.15, -0.1) is 0 Å². The Morgan fingerprint density at radius 3 is 0.854 bits per heavy atom. The van der Waals surface area contributed by atoms with Gasteiger partial charge in [-0.25, -0.2) is 0 Å². The molecule has 0 aromatic heterocycles. The Morgan fingerprint density at radius 1 is 0.354 bits per heavy atom. The van der Waals surface area contributed by atoms with Crippen LogP contribution in [0.4, 0.5) is 0 Å². The van der Waals surface area contributed by atoms with Crippen LogP contribution in [0, 0.1) is 9.88 Å². The Hall–Kier alpha value is -3.04. The van der Waals surface area contributed by atoms with Crippen LogP contribution >= 0.6 is 16.4 Å². The third-order valence-corrected chi connectivity index (χ3v) is 12.7. The highest BCUT2D eigenvalue weighted by Crippen LogP contribution is 2.45. The molecule has 0 saturated carbocycles. The van der Waals surface area contributed by atoms with Crippen LogP contribution in [-0.4, -0.2) is 0 Å². The molecule has 0 saturated heterocycles. The monoisotopic (exact) mass is 670 g/mol. The number of rotatable bonds is 10. The van der Waals surface area contributed by atoms with E-state index in [4.69, 9.17) is 0 Å². The average molecular weight is 671 g/mol. The molecule has 0 radical (unpaired) electrons. The lowest BCUT2D eigenvalue weighted by Crippen LogP contribution is -2.15. The van der Waals surface area contributed by atoms with E-state index in [1.165, 1.54) is 92.5 Å². The van der Waals surface area contributed by atoms with Crippen molar-refractivity contribution in [2.75, 3.05) is 0 Å². The summed E-state index contributed by atoms with van der Waals surface area (Å²) in [5.74, 6) is 2.81. The maximum absolute atomic E-state index is 2.52. The summed E-state index contributed by atoms with van der Waals surface area (Å²) in [4.78, 5) is 2.97. The minimum absolute atomic E-state index is 0.451. The summed E-state index contributed by atoms with van der Waals surface area (Å²) in [6, 6.07) is 32.4. The number of hydrogen-bond acceptors (Lipinski definition) is 0. The van der Waals surface area contributed by atoms with Crippen LogP contribution in [0.3, 0.4) is 0 Å². The SMILES string of the molecule is CC(C)c1cc(C(C)C)c(P=c2c(-c3ccccc3)c(-c3ccccc3)c2=Pc2c(C(C)C)cc(C(C)C)cc2C(C)C)c(C(C)C)c1. The van der Waals surface area contributed by atoms with Crippen molar-refractivity contribution in [3.63, 3.8) is 0 Å². The molecule has 2 heteroatoms. The number of benzene rings is 4. The van der Waals surface area contributed by atoms with Gasteiger partial charge in [-0.1, -0.05) is 184 Å². The summed E-state index contributed by atoms with van der Waals surface area (Å²) >= 11 is 0. The van der Waals surface area contributed by atoms with Gasteiger partial charge in [-0.05, 0) is 80.0 Å². The van der Waals surface area contributed by atoms with Crippen LogP contribution in [0.2, 0.25) is 0 Å². The van der Waals surface area contributed by atoms with E-state index >= 15 is 0 Å². The molecular formula is C46H56P2. The predicted octanol–water partition coefficient (Wildman–Crippen LogP) is 14.2. The van der Waals surface area contributed by atoms with Crippen LogP contribution in [0.5, 0.6) is 0 Å². The summed E-state index contributed by atoms with van der Waals surface area (Å²) in [5, 5.41) is 3.02. The second-order valence-corrected chi connectivity index (χ2v) is 17.7. The standard InChI is InChI=1S/C46H56P2/c1-27(2)35-23-37(29(5)6)43(38(24-35)30(7)8)47-45-41(33-19-15-13-16-20-33)42(34-21-17-14-18-22-34)46(45)48-44-39(31(9)10)25-36(28(3)4)26-40(44)32(11)12/h13-32H,1-12H3. The van der Waals surface area contributed by atoms with Gasteiger partial charge in [0.1, 0.15) is 0 Å². The van der Waals surface area contributed by atoms with Gasteiger partial charge < -0.3 is 0 Å². The highest BCUT2D eigenvalue weighted by atomic mass is 31.1. The first-order valence-corrected chi connectivity index (χ1v) is 20.0. The molecule has 5 aromatic rings. The molecule has 0 aliphatic rings. The van der Waals surface area contributed by atoms with Crippen LogP contribution in [-0.2, 0) is 0 Å². The molecule has 48 heavy (non-hydrogen) atoms. The van der Waals surface area contributed by atoms with Gasteiger partial charge in [-0.2, -0.15) is 0 Å². The van der Waals surface area contributed by atoms with Crippen LogP contribution < -0.4 is 10.6 Å². The van der Waals surface area contributed by atoms with Crippen LogP contribution in [0.15, 0.2) is 84.9 Å². The Bertz CT molecular complexity index is 1760. The van der Waals surface area contributed by atoms with E-state index in [0.29, 0.717) is 35.5 Å². The van der Waals surface area contributed by atoms with Crippen molar-refractivity contribution in [2.24, 2.45) is 0 Å². The third-order valence-electron chi connectivity index (χ3n) is 9.72. The third kappa shape index (κ3) is 7.42. The Kier molecular flexibility index (Phi) is 11.5. The molecule has 0 fully saturated rings. The van der Waals surface area contributed by atoms with Crippen molar-refractivity contribution >= 4 is 27.0 Å². The summed E-state index contributed by atoms with van der Waals surface area (Å²) in [6.45, 7) is 28.3. The Morgan fingerprint density at radius 2 is 0.625 bits per heavy atom. The molecule has 0 heterocycles. The molecule has 0 spiro atoms. The van der Waals surface area contributed by atoms with Gasteiger partial charge in [0.2, 0.25) is 0 Å². The number of hydrogen-bond donors (Lipinski definition) is 0. The van der Waals surface area contributed by atoms with Gasteiger partial charge in [0.05, 0.1) is 0 Å². The molecule has 0 bridgehead atoms. The van der Waals surface area contributed by atoms with Crippen molar-refractivity contribution in [1.29, 1.82) is 0 Å². The molecule has 0 unspecified atom stereocenters. The predicted molar refractivity (Wildman–Crippen MR) is 217 cm³/mol. The maximum Gasteiger partial charge on any atom is 0.0234 e. The minimum atomic E-state index is 0.451. The van der Waals surface area contributed by atoms with Gasteiger partial charge in [0.25, 0.3) is 0 Å². The molecule has 0 amide bonds. The fourth-order valence-corrected chi connectivity index (χ4v) is 10.4. The summed E-state index contributed by atoms with van der Waals surface area (Å²) in [7, 11) is 2.64. The zero-order valence-electron chi connectivity index (χ0n) is 31.4. The molecule has 0 nitrogen and oxygen atoms in total. The van der Waals surface area contributed by atoms with E-state index in [2.05, 4.69) is 168 Å². The lowest BCUT2D eigenvalue weighted by Gasteiger charge is -2.24.